The number of thioether (sulfide) groups is 1. The summed E-state index contributed by atoms with van der Waals surface area (Å²) in [6.07, 6.45) is 1.42. The molecule has 3 rings (SSSR count). The lowest BCUT2D eigenvalue weighted by Crippen LogP contribution is -2.70. The van der Waals surface area contributed by atoms with Crippen molar-refractivity contribution < 1.29 is 29.0 Å². The minimum absolute atomic E-state index is 0.112. The van der Waals surface area contributed by atoms with Crippen molar-refractivity contribution in [2.45, 2.75) is 31.8 Å². The van der Waals surface area contributed by atoms with Crippen molar-refractivity contribution in [1.29, 1.82) is 0 Å². The van der Waals surface area contributed by atoms with Gasteiger partial charge in [-0.25, -0.2) is 4.79 Å². The van der Waals surface area contributed by atoms with Gasteiger partial charge in [-0.2, -0.15) is 5.10 Å². The number of hydrogen-bond acceptors (Lipinski definition) is 7. The van der Waals surface area contributed by atoms with Gasteiger partial charge in [-0.1, -0.05) is 11.6 Å². The Bertz CT molecular complexity index is 898. The summed E-state index contributed by atoms with van der Waals surface area (Å²) in [6.45, 7) is 2.62. The van der Waals surface area contributed by atoms with Crippen molar-refractivity contribution >= 4 is 47.1 Å². The van der Waals surface area contributed by atoms with Crippen LogP contribution in [0.1, 0.15) is 12.6 Å². The molecule has 0 bridgehead atoms. The molecule has 0 unspecified atom stereocenters. The highest BCUT2D eigenvalue weighted by molar-refractivity contribution is 8.00. The van der Waals surface area contributed by atoms with Gasteiger partial charge in [0.1, 0.15) is 30.3 Å². The number of halogens is 1. The highest BCUT2D eigenvalue weighted by Crippen LogP contribution is 2.40. The molecular formula is C16H17ClN4O6S. The molecule has 0 aliphatic carbocycles. The number of nitrogens with one attached hydrogen (secondary N) is 1. The topological polar surface area (TPSA) is 131 Å². The zero-order valence-corrected chi connectivity index (χ0v) is 16.5. The molecule has 28 heavy (non-hydrogen) atoms. The fraction of sp³-hybridized carbons (Fsp3) is 0.438. The summed E-state index contributed by atoms with van der Waals surface area (Å²) in [5, 5.41) is 16.0. The number of nitrogens with zero attached hydrogens (tertiary/aromatic N) is 3. The average molecular weight is 429 g/mol. The lowest BCUT2D eigenvalue weighted by molar-refractivity contribution is -0.151. The van der Waals surface area contributed by atoms with E-state index in [0.29, 0.717) is 16.3 Å². The van der Waals surface area contributed by atoms with Gasteiger partial charge in [-0.3, -0.25) is 24.0 Å². The molecule has 0 radical (unpaired) electrons. The Morgan fingerprint density at radius 1 is 1.46 bits per heavy atom. The summed E-state index contributed by atoms with van der Waals surface area (Å²) in [7, 11) is 0. The summed E-state index contributed by atoms with van der Waals surface area (Å²) in [5.41, 5.74) is 0.760. The van der Waals surface area contributed by atoms with Crippen LogP contribution in [0.2, 0.25) is 5.02 Å². The standard InChI is InChI=1S/C16H17ClN4O6S/c1-7-10(17)3-18-20(7)4-11(23)19-12-14(24)21-13(16(25)26)9(5-27-8(2)22)6-28-15(12)21/h3,12,15H,4-6H2,1-2H3,(H,19,23)(H,25,26)/t12-,15-/m1/s1. The zero-order chi connectivity index (χ0) is 20.6. The van der Waals surface area contributed by atoms with Crippen LogP contribution in [-0.4, -0.2) is 67.3 Å². The van der Waals surface area contributed by atoms with Crippen LogP contribution in [-0.2, 0) is 30.5 Å². The van der Waals surface area contributed by atoms with Crippen LogP contribution in [0, 0.1) is 6.92 Å². The van der Waals surface area contributed by atoms with Gasteiger partial charge in [0.15, 0.2) is 0 Å². The van der Waals surface area contributed by atoms with Gasteiger partial charge in [0, 0.05) is 18.2 Å². The van der Waals surface area contributed by atoms with Crippen LogP contribution in [0.5, 0.6) is 0 Å². The molecule has 2 atom stereocenters. The predicted molar refractivity (Wildman–Crippen MR) is 98.3 cm³/mol. The third-order valence-corrected chi connectivity index (χ3v) is 6.06. The van der Waals surface area contributed by atoms with Crippen molar-refractivity contribution in [2.75, 3.05) is 12.4 Å². The molecule has 3 heterocycles. The largest absolute Gasteiger partial charge is 0.477 e. The monoisotopic (exact) mass is 428 g/mol. The van der Waals surface area contributed by atoms with E-state index >= 15 is 0 Å². The molecule has 1 aromatic heterocycles. The van der Waals surface area contributed by atoms with Crippen LogP contribution < -0.4 is 5.32 Å². The highest BCUT2D eigenvalue weighted by atomic mass is 35.5. The van der Waals surface area contributed by atoms with Gasteiger partial charge >= 0.3 is 11.9 Å². The maximum Gasteiger partial charge on any atom is 0.352 e. The number of carboxylic acid groups (broad SMARTS) is 1. The third-order valence-electron chi connectivity index (χ3n) is 4.35. The second-order valence-electron chi connectivity index (χ2n) is 6.23. The smallest absolute Gasteiger partial charge is 0.352 e. The highest BCUT2D eigenvalue weighted by Gasteiger charge is 2.54. The molecule has 0 saturated carbocycles. The molecule has 2 aliphatic heterocycles. The van der Waals surface area contributed by atoms with Crippen molar-refractivity contribution in [2.24, 2.45) is 0 Å². The van der Waals surface area contributed by atoms with E-state index in [9.17, 15) is 24.3 Å². The van der Waals surface area contributed by atoms with Gasteiger partial charge in [0.05, 0.1) is 16.9 Å². The fourth-order valence-electron chi connectivity index (χ4n) is 2.92. The van der Waals surface area contributed by atoms with Crippen molar-refractivity contribution in [3.63, 3.8) is 0 Å². The van der Waals surface area contributed by atoms with Gasteiger partial charge in [0.25, 0.3) is 5.91 Å². The summed E-state index contributed by atoms with van der Waals surface area (Å²) < 4.78 is 6.28. The number of aromatic nitrogens is 2. The zero-order valence-electron chi connectivity index (χ0n) is 15.0. The first-order chi connectivity index (χ1) is 13.2. The Kier molecular flexibility index (Phi) is 5.66. The number of ether oxygens (including phenoxy) is 1. The van der Waals surface area contributed by atoms with E-state index in [-0.39, 0.29) is 24.6 Å². The summed E-state index contributed by atoms with van der Waals surface area (Å²) in [5.74, 6) is -2.53. The molecule has 12 heteroatoms. The van der Waals surface area contributed by atoms with Crippen molar-refractivity contribution in [1.82, 2.24) is 20.0 Å². The summed E-state index contributed by atoms with van der Waals surface area (Å²) >= 11 is 7.20. The maximum absolute atomic E-state index is 12.5. The van der Waals surface area contributed by atoms with E-state index < -0.39 is 35.2 Å². The number of aliphatic carboxylic acids is 1. The van der Waals surface area contributed by atoms with Gasteiger partial charge < -0.3 is 15.2 Å². The number of amides is 2. The number of esters is 1. The lowest BCUT2D eigenvalue weighted by Gasteiger charge is -2.49. The number of carbonyl (C=O) groups is 4. The van der Waals surface area contributed by atoms with Crippen LogP contribution in [0.4, 0.5) is 0 Å². The fourth-order valence-corrected chi connectivity index (χ4v) is 4.39. The molecule has 150 valence electrons. The average Bonchev–Trinajstić information content (AvgIpc) is 2.95. The molecule has 10 nitrogen and oxygen atoms in total. The van der Waals surface area contributed by atoms with E-state index in [1.807, 2.05) is 0 Å². The Balaban J connectivity index is 1.69. The molecule has 1 aromatic rings. The number of hydrogen-bond donors (Lipinski definition) is 2. The first-order valence-corrected chi connectivity index (χ1v) is 9.64. The molecule has 1 saturated heterocycles. The van der Waals surface area contributed by atoms with Crippen molar-refractivity contribution in [3.8, 4) is 0 Å². The number of carboxylic acids is 1. The SMILES string of the molecule is CC(=O)OCC1=C(C(=O)O)N2C(=O)[C@@H](NC(=O)Cn3ncc(Cl)c3C)[C@H]2SC1. The summed E-state index contributed by atoms with van der Waals surface area (Å²) in [6, 6.07) is -0.839. The van der Waals surface area contributed by atoms with E-state index in [2.05, 4.69) is 10.4 Å². The molecule has 2 amide bonds. The van der Waals surface area contributed by atoms with Crippen molar-refractivity contribution in [3.05, 3.63) is 28.2 Å². The van der Waals surface area contributed by atoms with E-state index in [1.54, 1.807) is 6.92 Å². The van der Waals surface area contributed by atoms with Gasteiger partial charge in [0.2, 0.25) is 5.91 Å². The van der Waals surface area contributed by atoms with Crippen LogP contribution in [0.3, 0.4) is 0 Å². The Morgan fingerprint density at radius 3 is 2.75 bits per heavy atom. The van der Waals surface area contributed by atoms with Crippen LogP contribution in [0.15, 0.2) is 17.5 Å². The number of fused-ring (bicyclic) bond motifs is 1. The Hall–Kier alpha value is -2.53. The maximum atomic E-state index is 12.5. The second kappa shape index (κ2) is 7.84. The van der Waals surface area contributed by atoms with E-state index in [4.69, 9.17) is 16.3 Å². The minimum Gasteiger partial charge on any atom is -0.477 e. The normalized spacial score (nSPS) is 21.1. The van der Waals surface area contributed by atoms with Gasteiger partial charge in [-0.05, 0) is 6.92 Å². The number of β-lactam (4-membered cyclic amide) rings is 1. The summed E-state index contributed by atoms with van der Waals surface area (Å²) in [4.78, 5) is 48.5. The number of rotatable bonds is 6. The van der Waals surface area contributed by atoms with E-state index in [0.717, 1.165) is 4.90 Å². The number of carbonyl (C=O) groups excluding carboxylic acids is 3. The molecule has 2 N–H and O–H groups in total. The molecule has 1 fully saturated rings. The minimum atomic E-state index is -1.28. The van der Waals surface area contributed by atoms with Crippen LogP contribution >= 0.6 is 23.4 Å². The Labute approximate surface area is 168 Å². The first-order valence-electron chi connectivity index (χ1n) is 8.21. The second-order valence-corrected chi connectivity index (χ2v) is 7.74. The molecule has 0 aromatic carbocycles. The molecular weight excluding hydrogens is 412 g/mol. The lowest BCUT2D eigenvalue weighted by atomic mass is 10.0. The first kappa shape index (κ1) is 20.2. The van der Waals surface area contributed by atoms with Gasteiger partial charge in [-0.15, -0.1) is 11.8 Å². The quantitative estimate of drug-likeness (QED) is 0.483. The molecule has 0 spiro atoms. The Morgan fingerprint density at radius 2 is 2.18 bits per heavy atom. The van der Waals surface area contributed by atoms with E-state index in [1.165, 1.54) is 29.6 Å². The molecule has 2 aliphatic rings. The third kappa shape index (κ3) is 3.72. The predicted octanol–water partition coefficient (Wildman–Crippen LogP) is 0.147. The van der Waals surface area contributed by atoms with Crippen LogP contribution in [0.25, 0.3) is 0 Å².